The number of aliphatic imine (C=N–C) groups is 1. The first-order chi connectivity index (χ1) is 12.7. The van der Waals surface area contributed by atoms with Gasteiger partial charge in [0.15, 0.2) is 5.96 Å². The van der Waals surface area contributed by atoms with Crippen molar-refractivity contribution < 1.29 is 4.74 Å². The third-order valence-corrected chi connectivity index (χ3v) is 5.73. The topological polar surface area (TPSA) is 52.1 Å². The minimum atomic E-state index is 0. The standard InChI is InChI=1S/C20H41N5O.HI/c1-5-21-20(22-15-18-9-7-8-10-24(18)6-2)23-16-19(17(3)4)25-11-13-26-14-12-25;/h17-19H,5-16H2,1-4H3,(H2,21,22,23);1H. The maximum atomic E-state index is 5.51. The zero-order chi connectivity index (χ0) is 18.8. The van der Waals surface area contributed by atoms with E-state index in [1.807, 2.05) is 0 Å². The summed E-state index contributed by atoms with van der Waals surface area (Å²) in [7, 11) is 0. The SMILES string of the molecule is CCNC(=NCC(C(C)C)N1CCOCC1)NCC1CCCCN1CC.I. The van der Waals surface area contributed by atoms with Crippen molar-refractivity contribution in [2.24, 2.45) is 10.9 Å². The fourth-order valence-corrected chi connectivity index (χ4v) is 4.11. The molecule has 160 valence electrons. The summed E-state index contributed by atoms with van der Waals surface area (Å²) < 4.78 is 5.51. The van der Waals surface area contributed by atoms with E-state index in [2.05, 4.69) is 48.1 Å². The van der Waals surface area contributed by atoms with Crippen molar-refractivity contribution in [1.29, 1.82) is 0 Å². The van der Waals surface area contributed by atoms with E-state index in [1.165, 1.54) is 25.8 Å². The van der Waals surface area contributed by atoms with Crippen molar-refractivity contribution in [3.05, 3.63) is 0 Å². The van der Waals surface area contributed by atoms with Crippen LogP contribution in [0.3, 0.4) is 0 Å². The van der Waals surface area contributed by atoms with E-state index in [0.717, 1.165) is 58.4 Å². The fraction of sp³-hybridized carbons (Fsp3) is 0.950. The Hall–Kier alpha value is -0.120. The Labute approximate surface area is 183 Å². The van der Waals surface area contributed by atoms with Gasteiger partial charge in [-0.2, -0.15) is 0 Å². The second kappa shape index (κ2) is 14.0. The highest BCUT2D eigenvalue weighted by Crippen LogP contribution is 2.16. The normalized spacial score (nSPS) is 23.7. The number of hydrogen-bond donors (Lipinski definition) is 2. The third-order valence-electron chi connectivity index (χ3n) is 5.73. The van der Waals surface area contributed by atoms with E-state index in [-0.39, 0.29) is 24.0 Å². The van der Waals surface area contributed by atoms with Gasteiger partial charge in [0.2, 0.25) is 0 Å². The van der Waals surface area contributed by atoms with E-state index in [9.17, 15) is 0 Å². The molecule has 7 heteroatoms. The van der Waals surface area contributed by atoms with E-state index in [1.54, 1.807) is 0 Å². The summed E-state index contributed by atoms with van der Waals surface area (Å²) in [5, 5.41) is 7.04. The van der Waals surface area contributed by atoms with Crippen LogP contribution in [-0.2, 0) is 4.74 Å². The predicted molar refractivity (Wildman–Crippen MR) is 125 cm³/mol. The Balaban J connectivity index is 0.00000364. The second-order valence-corrected chi connectivity index (χ2v) is 7.84. The van der Waals surface area contributed by atoms with Gasteiger partial charge in [-0.15, -0.1) is 24.0 Å². The molecule has 2 atom stereocenters. The number of ether oxygens (including phenoxy) is 1. The van der Waals surface area contributed by atoms with Gasteiger partial charge >= 0.3 is 0 Å². The molecule has 2 rings (SSSR count). The number of hydrogen-bond acceptors (Lipinski definition) is 4. The molecule has 0 amide bonds. The Morgan fingerprint density at radius 2 is 1.85 bits per heavy atom. The van der Waals surface area contributed by atoms with Crippen LogP contribution < -0.4 is 10.6 Å². The van der Waals surface area contributed by atoms with Gasteiger partial charge in [-0.3, -0.25) is 14.8 Å². The maximum Gasteiger partial charge on any atom is 0.191 e. The molecular formula is C20H42IN5O. The number of nitrogens with one attached hydrogen (secondary N) is 2. The van der Waals surface area contributed by atoms with E-state index in [4.69, 9.17) is 9.73 Å². The van der Waals surface area contributed by atoms with E-state index < -0.39 is 0 Å². The molecule has 2 N–H and O–H groups in total. The van der Waals surface area contributed by atoms with Crippen molar-refractivity contribution in [1.82, 2.24) is 20.4 Å². The Kier molecular flexibility index (Phi) is 12.9. The summed E-state index contributed by atoms with van der Waals surface area (Å²) in [5.41, 5.74) is 0. The molecule has 0 radical (unpaired) electrons. The lowest BCUT2D eigenvalue weighted by molar-refractivity contribution is 0.00867. The average Bonchev–Trinajstić information content (AvgIpc) is 2.67. The lowest BCUT2D eigenvalue weighted by Gasteiger charge is -2.36. The molecule has 2 fully saturated rings. The van der Waals surface area contributed by atoms with Crippen LogP contribution in [0, 0.1) is 5.92 Å². The number of rotatable bonds is 8. The Bertz CT molecular complexity index is 415. The van der Waals surface area contributed by atoms with Gasteiger partial charge in [0.25, 0.3) is 0 Å². The first-order valence-electron chi connectivity index (χ1n) is 10.7. The van der Waals surface area contributed by atoms with Gasteiger partial charge in [0.05, 0.1) is 19.8 Å². The minimum Gasteiger partial charge on any atom is -0.379 e. The van der Waals surface area contributed by atoms with Crippen LogP contribution in [-0.4, -0.2) is 86.9 Å². The molecule has 0 aromatic rings. The van der Waals surface area contributed by atoms with Crippen molar-refractivity contribution in [3.8, 4) is 0 Å². The highest BCUT2D eigenvalue weighted by molar-refractivity contribution is 14.0. The lowest BCUT2D eigenvalue weighted by Crippen LogP contribution is -2.50. The van der Waals surface area contributed by atoms with Crippen LogP contribution in [0.1, 0.15) is 47.0 Å². The minimum absolute atomic E-state index is 0. The first-order valence-corrected chi connectivity index (χ1v) is 10.7. The zero-order valence-electron chi connectivity index (χ0n) is 17.9. The van der Waals surface area contributed by atoms with Crippen LogP contribution in [0.25, 0.3) is 0 Å². The summed E-state index contributed by atoms with van der Waals surface area (Å²) in [6.45, 7) is 17.9. The zero-order valence-corrected chi connectivity index (χ0v) is 20.2. The highest BCUT2D eigenvalue weighted by atomic mass is 127. The van der Waals surface area contributed by atoms with Gasteiger partial charge in [0, 0.05) is 38.3 Å². The molecule has 0 aromatic heterocycles. The molecule has 0 spiro atoms. The van der Waals surface area contributed by atoms with Crippen LogP contribution in [0.2, 0.25) is 0 Å². The summed E-state index contributed by atoms with van der Waals surface area (Å²) in [6, 6.07) is 1.12. The number of likely N-dealkylation sites (N-methyl/N-ethyl adjacent to an activating group) is 1. The van der Waals surface area contributed by atoms with Gasteiger partial charge in [-0.25, -0.2) is 0 Å². The Morgan fingerprint density at radius 1 is 1.11 bits per heavy atom. The highest BCUT2D eigenvalue weighted by Gasteiger charge is 2.24. The van der Waals surface area contributed by atoms with Crippen molar-refractivity contribution in [3.63, 3.8) is 0 Å². The lowest BCUT2D eigenvalue weighted by atomic mass is 10.0. The quantitative estimate of drug-likeness (QED) is 0.308. The van der Waals surface area contributed by atoms with E-state index in [0.29, 0.717) is 18.0 Å². The molecule has 2 saturated heterocycles. The number of halogens is 1. The number of nitrogens with zero attached hydrogens (tertiary/aromatic N) is 3. The fourth-order valence-electron chi connectivity index (χ4n) is 4.11. The van der Waals surface area contributed by atoms with Gasteiger partial charge in [-0.05, 0) is 38.8 Å². The number of morpholine rings is 1. The molecule has 27 heavy (non-hydrogen) atoms. The molecule has 2 aliphatic rings. The van der Waals surface area contributed by atoms with Crippen molar-refractivity contribution >= 4 is 29.9 Å². The molecular weight excluding hydrogens is 453 g/mol. The van der Waals surface area contributed by atoms with Crippen molar-refractivity contribution in [2.75, 3.05) is 59.0 Å². The summed E-state index contributed by atoms with van der Waals surface area (Å²) in [5.74, 6) is 1.56. The van der Waals surface area contributed by atoms with Crippen LogP contribution >= 0.6 is 24.0 Å². The van der Waals surface area contributed by atoms with Gasteiger partial charge in [-0.1, -0.05) is 27.2 Å². The summed E-state index contributed by atoms with van der Waals surface area (Å²) in [4.78, 5) is 10.1. The van der Waals surface area contributed by atoms with Crippen molar-refractivity contribution in [2.45, 2.75) is 59.0 Å². The molecule has 0 aromatic carbocycles. The monoisotopic (exact) mass is 495 g/mol. The molecule has 0 bridgehead atoms. The first kappa shape index (κ1) is 24.9. The number of likely N-dealkylation sites (tertiary alicyclic amines) is 1. The molecule has 2 aliphatic heterocycles. The summed E-state index contributed by atoms with van der Waals surface area (Å²) >= 11 is 0. The predicted octanol–water partition coefficient (Wildman–Crippen LogP) is 2.39. The second-order valence-electron chi connectivity index (χ2n) is 7.84. The average molecular weight is 495 g/mol. The maximum absolute atomic E-state index is 5.51. The van der Waals surface area contributed by atoms with Crippen LogP contribution in [0.4, 0.5) is 0 Å². The Morgan fingerprint density at radius 3 is 2.48 bits per heavy atom. The molecule has 0 saturated carbocycles. The van der Waals surface area contributed by atoms with E-state index >= 15 is 0 Å². The van der Waals surface area contributed by atoms with Gasteiger partial charge < -0.3 is 15.4 Å². The molecule has 2 heterocycles. The smallest absolute Gasteiger partial charge is 0.191 e. The molecule has 0 aliphatic carbocycles. The third kappa shape index (κ3) is 8.41. The molecule has 6 nitrogen and oxygen atoms in total. The number of piperidine rings is 1. The largest absolute Gasteiger partial charge is 0.379 e. The van der Waals surface area contributed by atoms with Crippen LogP contribution in [0.15, 0.2) is 4.99 Å². The van der Waals surface area contributed by atoms with Gasteiger partial charge in [0.1, 0.15) is 0 Å². The number of guanidine groups is 1. The molecule has 2 unspecified atom stereocenters. The van der Waals surface area contributed by atoms with Crippen LogP contribution in [0.5, 0.6) is 0 Å². The summed E-state index contributed by atoms with van der Waals surface area (Å²) in [6.07, 6.45) is 3.99.